The van der Waals surface area contributed by atoms with Crippen LogP contribution in [0.15, 0.2) is 0 Å². The number of nitrogens with one attached hydrogen (secondary N) is 1. The molecule has 1 saturated carbocycles. The standard InChI is InChI=1S/C7H12BNO3/c8-6(12)9-7(5(10)11)3-1-2-4-7/h1-4,8H2,(H,9,12)(H,10,11). The number of carboxylic acid groups (broad SMARTS) is 1. The Labute approximate surface area is 71.7 Å². The maximum Gasteiger partial charge on any atom is 0.329 e. The Kier molecular flexibility index (Phi) is 2.40. The SMILES string of the molecule is BC(=O)NC1(C(=O)O)CCCC1. The minimum absolute atomic E-state index is 0.265. The van der Waals surface area contributed by atoms with Crippen molar-refractivity contribution in [3.05, 3.63) is 0 Å². The molecule has 1 amide bonds. The predicted molar refractivity (Wildman–Crippen MR) is 45.9 cm³/mol. The van der Waals surface area contributed by atoms with E-state index in [1.54, 1.807) is 0 Å². The Morgan fingerprint density at radius 1 is 1.33 bits per heavy atom. The summed E-state index contributed by atoms with van der Waals surface area (Å²) in [5.74, 6) is -1.17. The Morgan fingerprint density at radius 2 is 1.83 bits per heavy atom. The topological polar surface area (TPSA) is 66.4 Å². The van der Waals surface area contributed by atoms with Crippen LogP contribution in [0.4, 0.5) is 4.79 Å². The van der Waals surface area contributed by atoms with Crippen LogP contribution in [0.5, 0.6) is 0 Å². The van der Waals surface area contributed by atoms with E-state index in [9.17, 15) is 9.59 Å². The van der Waals surface area contributed by atoms with E-state index in [0.717, 1.165) is 12.8 Å². The van der Waals surface area contributed by atoms with Crippen molar-refractivity contribution < 1.29 is 14.7 Å². The molecule has 0 radical (unpaired) electrons. The first kappa shape index (κ1) is 9.10. The molecule has 0 aromatic carbocycles. The lowest BCUT2D eigenvalue weighted by molar-refractivity contribution is -0.144. The average molecular weight is 169 g/mol. The lowest BCUT2D eigenvalue weighted by Gasteiger charge is -2.24. The van der Waals surface area contributed by atoms with Crippen molar-refractivity contribution in [2.45, 2.75) is 31.2 Å². The molecule has 2 N–H and O–H groups in total. The third-order valence-electron chi connectivity index (χ3n) is 2.28. The van der Waals surface area contributed by atoms with Gasteiger partial charge in [0.25, 0.3) is 0 Å². The number of amides is 1. The van der Waals surface area contributed by atoms with Gasteiger partial charge in [0, 0.05) is 0 Å². The molecule has 0 aromatic rings. The van der Waals surface area contributed by atoms with Gasteiger partial charge in [-0.05, 0) is 12.8 Å². The molecule has 5 heteroatoms. The van der Waals surface area contributed by atoms with Crippen LogP contribution in [0, 0.1) is 0 Å². The lowest BCUT2D eigenvalue weighted by Crippen LogP contribution is -2.52. The molecule has 0 aromatic heterocycles. The molecule has 0 aliphatic heterocycles. The molecule has 1 aliphatic carbocycles. The summed E-state index contributed by atoms with van der Waals surface area (Å²) < 4.78 is 0. The molecule has 1 aliphatic rings. The van der Waals surface area contributed by atoms with E-state index in [0.29, 0.717) is 12.8 Å². The molecule has 0 atom stereocenters. The maximum atomic E-state index is 10.8. The Hall–Kier alpha value is -0.995. The first-order chi connectivity index (χ1) is 5.57. The molecule has 4 nitrogen and oxygen atoms in total. The van der Waals surface area contributed by atoms with E-state index in [1.165, 1.54) is 7.85 Å². The number of carboxylic acids is 1. The Morgan fingerprint density at radius 3 is 2.17 bits per heavy atom. The second kappa shape index (κ2) is 3.17. The van der Waals surface area contributed by atoms with E-state index >= 15 is 0 Å². The molecule has 0 spiro atoms. The van der Waals surface area contributed by atoms with Crippen molar-refractivity contribution in [3.63, 3.8) is 0 Å². The smallest absolute Gasteiger partial charge is 0.329 e. The number of hydrogen-bond donors (Lipinski definition) is 2. The molecule has 1 fully saturated rings. The van der Waals surface area contributed by atoms with Crippen LogP contribution >= 0.6 is 0 Å². The minimum atomic E-state index is -0.966. The van der Waals surface area contributed by atoms with Gasteiger partial charge >= 0.3 is 5.97 Å². The van der Waals surface area contributed by atoms with Crippen LogP contribution in [-0.2, 0) is 4.79 Å². The molecule has 0 unspecified atom stereocenters. The van der Waals surface area contributed by atoms with E-state index in [4.69, 9.17) is 5.11 Å². The van der Waals surface area contributed by atoms with Gasteiger partial charge in [-0.2, -0.15) is 0 Å². The van der Waals surface area contributed by atoms with Crippen LogP contribution in [0.1, 0.15) is 25.7 Å². The van der Waals surface area contributed by atoms with Crippen molar-refractivity contribution in [1.29, 1.82) is 0 Å². The van der Waals surface area contributed by atoms with Crippen molar-refractivity contribution in [1.82, 2.24) is 5.32 Å². The molecular weight excluding hydrogens is 157 g/mol. The first-order valence-electron chi connectivity index (χ1n) is 4.09. The highest BCUT2D eigenvalue weighted by atomic mass is 16.4. The average Bonchev–Trinajstić information content (AvgIpc) is 2.35. The quantitative estimate of drug-likeness (QED) is 0.559. The van der Waals surface area contributed by atoms with Crippen LogP contribution in [0.3, 0.4) is 0 Å². The number of rotatable bonds is 2. The third-order valence-corrected chi connectivity index (χ3v) is 2.28. The third kappa shape index (κ3) is 1.60. The van der Waals surface area contributed by atoms with Crippen molar-refractivity contribution in [2.24, 2.45) is 0 Å². The molecule has 0 bridgehead atoms. The molecule has 0 heterocycles. The second-order valence-electron chi connectivity index (χ2n) is 3.28. The van der Waals surface area contributed by atoms with Gasteiger partial charge in [0.2, 0.25) is 7.85 Å². The van der Waals surface area contributed by atoms with Crippen molar-refractivity contribution >= 4 is 19.6 Å². The van der Waals surface area contributed by atoms with Gasteiger partial charge in [-0.1, -0.05) is 12.8 Å². The fourth-order valence-corrected chi connectivity index (χ4v) is 1.71. The van der Waals surface area contributed by atoms with Gasteiger partial charge < -0.3 is 10.4 Å². The molecule has 1 rings (SSSR count). The van der Waals surface area contributed by atoms with E-state index in [1.807, 2.05) is 0 Å². The van der Waals surface area contributed by atoms with Gasteiger partial charge in [0.15, 0.2) is 5.81 Å². The van der Waals surface area contributed by atoms with Crippen molar-refractivity contribution in [2.75, 3.05) is 0 Å². The van der Waals surface area contributed by atoms with Crippen LogP contribution in [-0.4, -0.2) is 30.3 Å². The Balaban J connectivity index is 2.72. The normalized spacial score (nSPS) is 20.3. The van der Waals surface area contributed by atoms with Gasteiger partial charge in [-0.25, -0.2) is 4.79 Å². The lowest BCUT2D eigenvalue weighted by atomic mass is 9.95. The number of aliphatic carboxylic acids is 1. The zero-order valence-electron chi connectivity index (χ0n) is 7.09. The fourth-order valence-electron chi connectivity index (χ4n) is 1.71. The first-order valence-corrected chi connectivity index (χ1v) is 4.09. The summed E-state index contributed by atoms with van der Waals surface area (Å²) in [5.41, 5.74) is -0.966. The minimum Gasteiger partial charge on any atom is -0.480 e. The van der Waals surface area contributed by atoms with Gasteiger partial charge in [-0.3, -0.25) is 4.79 Å². The predicted octanol–water partition coefficient (Wildman–Crippen LogP) is -0.274. The summed E-state index contributed by atoms with van der Waals surface area (Å²) in [6.07, 6.45) is 2.88. The monoisotopic (exact) mass is 169 g/mol. The highest BCUT2D eigenvalue weighted by molar-refractivity contribution is 6.57. The molecular formula is C7H12BNO3. The van der Waals surface area contributed by atoms with Crippen LogP contribution in [0.25, 0.3) is 0 Å². The van der Waals surface area contributed by atoms with Crippen LogP contribution in [0.2, 0.25) is 0 Å². The highest BCUT2D eigenvalue weighted by Gasteiger charge is 2.41. The summed E-state index contributed by atoms with van der Waals surface area (Å²) in [5, 5.41) is 11.4. The zero-order valence-corrected chi connectivity index (χ0v) is 7.09. The second-order valence-corrected chi connectivity index (χ2v) is 3.28. The summed E-state index contributed by atoms with van der Waals surface area (Å²) in [6.45, 7) is 0. The number of carbonyl (C=O) groups excluding carboxylic acids is 1. The summed E-state index contributed by atoms with van der Waals surface area (Å²) >= 11 is 0. The molecule has 12 heavy (non-hydrogen) atoms. The molecule has 0 saturated heterocycles. The number of hydrogen-bond acceptors (Lipinski definition) is 2. The summed E-state index contributed by atoms with van der Waals surface area (Å²) in [6, 6.07) is 0. The van der Waals surface area contributed by atoms with Crippen molar-refractivity contribution in [3.8, 4) is 0 Å². The zero-order chi connectivity index (χ0) is 9.19. The maximum absolute atomic E-state index is 10.8. The number of carbonyl (C=O) groups is 2. The Bertz CT molecular complexity index is 211. The van der Waals surface area contributed by atoms with E-state index < -0.39 is 11.5 Å². The summed E-state index contributed by atoms with van der Waals surface area (Å²) in [4.78, 5) is 21.6. The highest BCUT2D eigenvalue weighted by Crippen LogP contribution is 2.29. The van der Waals surface area contributed by atoms with E-state index in [-0.39, 0.29) is 5.81 Å². The molecule has 66 valence electrons. The summed E-state index contributed by atoms with van der Waals surface area (Å²) in [7, 11) is 1.35. The van der Waals surface area contributed by atoms with Crippen LogP contribution < -0.4 is 5.32 Å². The van der Waals surface area contributed by atoms with Gasteiger partial charge in [0.1, 0.15) is 5.54 Å². The van der Waals surface area contributed by atoms with E-state index in [2.05, 4.69) is 5.32 Å². The largest absolute Gasteiger partial charge is 0.480 e. The van der Waals surface area contributed by atoms with Gasteiger partial charge in [-0.15, -0.1) is 0 Å². The van der Waals surface area contributed by atoms with Gasteiger partial charge in [0.05, 0.1) is 0 Å². The fraction of sp³-hybridized carbons (Fsp3) is 0.714.